The van der Waals surface area contributed by atoms with Gasteiger partial charge in [-0.25, -0.2) is 0 Å². The van der Waals surface area contributed by atoms with Crippen LogP contribution in [0.25, 0.3) is 0 Å². The Morgan fingerprint density at radius 3 is 2.22 bits per heavy atom. The van der Waals surface area contributed by atoms with Crippen LogP contribution >= 0.6 is 0 Å². The van der Waals surface area contributed by atoms with E-state index in [1.807, 2.05) is 12.1 Å². The van der Waals surface area contributed by atoms with E-state index in [0.29, 0.717) is 36.7 Å². The van der Waals surface area contributed by atoms with Gasteiger partial charge in [0.2, 0.25) is 0 Å². The monoisotopic (exact) mass is 249 g/mol. The van der Waals surface area contributed by atoms with Gasteiger partial charge in [0, 0.05) is 6.61 Å². The number of aromatic hydroxyl groups is 1. The minimum Gasteiger partial charge on any atom is -0.508 e. The molecule has 2 rings (SSSR count). The molecule has 0 saturated heterocycles. The summed E-state index contributed by atoms with van der Waals surface area (Å²) in [6.45, 7) is 0.971. The fourth-order valence-corrected chi connectivity index (χ4v) is 3.10. The summed E-state index contributed by atoms with van der Waals surface area (Å²) in [4.78, 5) is 0. The van der Waals surface area contributed by atoms with Gasteiger partial charge in [-0.1, -0.05) is 12.1 Å². The smallest absolute Gasteiger partial charge is 0.115 e. The van der Waals surface area contributed by atoms with Crippen molar-refractivity contribution in [2.75, 3.05) is 13.2 Å². The van der Waals surface area contributed by atoms with Gasteiger partial charge in [-0.05, 0) is 67.7 Å². The van der Waals surface area contributed by atoms with Crippen LogP contribution in [0.4, 0.5) is 0 Å². The van der Waals surface area contributed by atoms with Crippen molar-refractivity contribution in [2.45, 2.75) is 31.6 Å². The van der Waals surface area contributed by atoms with Crippen LogP contribution in [0.3, 0.4) is 0 Å². The zero-order valence-corrected chi connectivity index (χ0v) is 10.8. The molecule has 1 unspecified atom stereocenters. The largest absolute Gasteiger partial charge is 0.508 e. The van der Waals surface area contributed by atoms with E-state index < -0.39 is 0 Å². The second kappa shape index (κ2) is 6.21. The third-order valence-corrected chi connectivity index (χ3v) is 4.29. The van der Waals surface area contributed by atoms with Crippen LogP contribution in [-0.4, -0.2) is 23.4 Å². The van der Waals surface area contributed by atoms with Crippen molar-refractivity contribution in [3.05, 3.63) is 29.8 Å². The summed E-state index contributed by atoms with van der Waals surface area (Å²) in [5.74, 6) is 1.78. The molecule has 0 amide bonds. The first-order valence-corrected chi connectivity index (χ1v) is 6.84. The van der Waals surface area contributed by atoms with Crippen LogP contribution in [0, 0.1) is 11.8 Å². The molecule has 1 aliphatic rings. The number of phenolic OH excluding ortho intramolecular Hbond substituents is 1. The number of nitrogens with two attached hydrogens (primary N) is 1. The highest BCUT2D eigenvalue weighted by Crippen LogP contribution is 2.37. The molecule has 1 atom stereocenters. The summed E-state index contributed by atoms with van der Waals surface area (Å²) >= 11 is 0. The second-order valence-electron chi connectivity index (χ2n) is 5.40. The molecule has 0 radical (unpaired) electrons. The summed E-state index contributed by atoms with van der Waals surface area (Å²) in [6.07, 6.45) is 4.51. The van der Waals surface area contributed by atoms with Crippen molar-refractivity contribution in [1.82, 2.24) is 0 Å². The van der Waals surface area contributed by atoms with E-state index in [4.69, 9.17) is 10.8 Å². The van der Waals surface area contributed by atoms with Crippen LogP contribution < -0.4 is 5.73 Å². The number of benzene rings is 1. The van der Waals surface area contributed by atoms with E-state index in [0.717, 1.165) is 25.7 Å². The summed E-state index contributed by atoms with van der Waals surface area (Å²) in [5, 5.41) is 18.5. The SMILES string of the molecule is NCC(c1ccc(O)cc1)C1CCC(CO)CC1. The Balaban J connectivity index is 2.03. The lowest BCUT2D eigenvalue weighted by molar-refractivity contribution is 0.158. The van der Waals surface area contributed by atoms with Gasteiger partial charge < -0.3 is 15.9 Å². The predicted molar refractivity (Wildman–Crippen MR) is 72.4 cm³/mol. The highest BCUT2D eigenvalue weighted by molar-refractivity contribution is 5.29. The molecule has 4 N–H and O–H groups in total. The number of aliphatic hydroxyl groups is 1. The van der Waals surface area contributed by atoms with E-state index in [1.54, 1.807) is 12.1 Å². The standard InChI is InChI=1S/C15H23NO2/c16-9-15(13-5-7-14(18)8-6-13)12-3-1-11(10-17)2-4-12/h5-8,11-12,15,17-18H,1-4,9-10,16H2. The number of hydrogen-bond acceptors (Lipinski definition) is 3. The first-order chi connectivity index (χ1) is 8.74. The molecule has 0 bridgehead atoms. The fraction of sp³-hybridized carbons (Fsp3) is 0.600. The first-order valence-electron chi connectivity index (χ1n) is 6.84. The molecule has 1 aliphatic carbocycles. The van der Waals surface area contributed by atoms with E-state index in [-0.39, 0.29) is 0 Å². The average Bonchev–Trinajstić information content (AvgIpc) is 2.42. The normalized spacial score (nSPS) is 25.9. The zero-order valence-electron chi connectivity index (χ0n) is 10.8. The summed E-state index contributed by atoms with van der Waals surface area (Å²) in [7, 11) is 0. The number of aliphatic hydroxyl groups excluding tert-OH is 1. The van der Waals surface area contributed by atoms with Gasteiger partial charge in [0.1, 0.15) is 5.75 Å². The van der Waals surface area contributed by atoms with E-state index in [1.165, 1.54) is 5.56 Å². The molecular formula is C15H23NO2. The lowest BCUT2D eigenvalue weighted by atomic mass is 9.74. The molecule has 0 aromatic heterocycles. The van der Waals surface area contributed by atoms with Crippen molar-refractivity contribution >= 4 is 0 Å². The number of phenols is 1. The Morgan fingerprint density at radius 2 is 1.72 bits per heavy atom. The van der Waals surface area contributed by atoms with Gasteiger partial charge in [-0.2, -0.15) is 0 Å². The van der Waals surface area contributed by atoms with Crippen molar-refractivity contribution < 1.29 is 10.2 Å². The minimum absolute atomic E-state index is 0.304. The molecule has 3 nitrogen and oxygen atoms in total. The average molecular weight is 249 g/mol. The second-order valence-corrected chi connectivity index (χ2v) is 5.40. The van der Waals surface area contributed by atoms with Gasteiger partial charge in [-0.15, -0.1) is 0 Å². The molecule has 1 aromatic rings. The minimum atomic E-state index is 0.304. The van der Waals surface area contributed by atoms with Crippen molar-refractivity contribution in [2.24, 2.45) is 17.6 Å². The van der Waals surface area contributed by atoms with E-state index in [9.17, 15) is 5.11 Å². The zero-order chi connectivity index (χ0) is 13.0. The lowest BCUT2D eigenvalue weighted by Crippen LogP contribution is -2.26. The Labute approximate surface area is 109 Å². The third kappa shape index (κ3) is 3.03. The van der Waals surface area contributed by atoms with Gasteiger partial charge in [0.25, 0.3) is 0 Å². The molecule has 0 aliphatic heterocycles. The molecule has 1 saturated carbocycles. The topological polar surface area (TPSA) is 66.5 Å². The molecule has 0 spiro atoms. The number of rotatable bonds is 4. The maximum atomic E-state index is 9.33. The summed E-state index contributed by atoms with van der Waals surface area (Å²) in [6, 6.07) is 7.42. The molecule has 3 heteroatoms. The molecular weight excluding hydrogens is 226 g/mol. The fourth-order valence-electron chi connectivity index (χ4n) is 3.10. The Bertz CT molecular complexity index is 355. The van der Waals surface area contributed by atoms with Crippen LogP contribution in [0.15, 0.2) is 24.3 Å². The molecule has 1 aromatic carbocycles. The summed E-state index contributed by atoms with van der Waals surface area (Å²) in [5.41, 5.74) is 7.15. The Morgan fingerprint density at radius 1 is 1.11 bits per heavy atom. The summed E-state index contributed by atoms with van der Waals surface area (Å²) < 4.78 is 0. The van der Waals surface area contributed by atoms with Crippen molar-refractivity contribution in [3.8, 4) is 5.75 Å². The third-order valence-electron chi connectivity index (χ3n) is 4.29. The van der Waals surface area contributed by atoms with Crippen molar-refractivity contribution in [3.63, 3.8) is 0 Å². The number of hydrogen-bond donors (Lipinski definition) is 3. The molecule has 18 heavy (non-hydrogen) atoms. The van der Waals surface area contributed by atoms with Gasteiger partial charge in [-0.3, -0.25) is 0 Å². The quantitative estimate of drug-likeness (QED) is 0.766. The highest BCUT2D eigenvalue weighted by atomic mass is 16.3. The first kappa shape index (κ1) is 13.4. The van der Waals surface area contributed by atoms with E-state index >= 15 is 0 Å². The molecule has 100 valence electrons. The van der Waals surface area contributed by atoms with Crippen molar-refractivity contribution in [1.29, 1.82) is 0 Å². The van der Waals surface area contributed by atoms with Crippen LogP contribution in [0.2, 0.25) is 0 Å². The van der Waals surface area contributed by atoms with Gasteiger partial charge in [0.05, 0.1) is 0 Å². The van der Waals surface area contributed by atoms with Crippen LogP contribution in [0.5, 0.6) is 5.75 Å². The Hall–Kier alpha value is -1.06. The maximum absolute atomic E-state index is 9.33. The predicted octanol–water partition coefficient (Wildman–Crippen LogP) is 2.23. The molecule has 0 heterocycles. The lowest BCUT2D eigenvalue weighted by Gasteiger charge is -2.33. The maximum Gasteiger partial charge on any atom is 0.115 e. The van der Waals surface area contributed by atoms with Crippen LogP contribution in [-0.2, 0) is 0 Å². The van der Waals surface area contributed by atoms with E-state index in [2.05, 4.69) is 0 Å². The van der Waals surface area contributed by atoms with Crippen LogP contribution in [0.1, 0.15) is 37.2 Å². The highest BCUT2D eigenvalue weighted by Gasteiger charge is 2.27. The molecule has 1 fully saturated rings. The Kier molecular flexibility index (Phi) is 4.61. The van der Waals surface area contributed by atoms with Gasteiger partial charge in [0.15, 0.2) is 0 Å². The van der Waals surface area contributed by atoms with Gasteiger partial charge >= 0.3 is 0 Å².